The van der Waals surface area contributed by atoms with E-state index in [4.69, 9.17) is 0 Å². The molecule has 7 heteroatoms. The van der Waals surface area contributed by atoms with Gasteiger partial charge in [0.2, 0.25) is 5.95 Å². The quantitative estimate of drug-likeness (QED) is 0.823. The Morgan fingerprint density at radius 1 is 1.25 bits per heavy atom. The minimum atomic E-state index is 0.0586. The average Bonchev–Trinajstić information content (AvgIpc) is 2.46. The Bertz CT molecular complexity index is 456. The van der Waals surface area contributed by atoms with Crippen LogP contribution in [0.2, 0.25) is 0 Å². The van der Waals surface area contributed by atoms with E-state index in [1.165, 1.54) is 0 Å². The molecule has 1 aliphatic heterocycles. The lowest BCUT2D eigenvalue weighted by atomic mass is 10.0. The van der Waals surface area contributed by atoms with Crippen LogP contribution in [0.15, 0.2) is 16.9 Å². The second kappa shape index (κ2) is 6.39. The van der Waals surface area contributed by atoms with Crippen LogP contribution in [0, 0.1) is 0 Å². The van der Waals surface area contributed by atoms with Crippen molar-refractivity contribution < 1.29 is 4.79 Å². The van der Waals surface area contributed by atoms with Gasteiger partial charge in [0.05, 0.1) is 4.47 Å². The fourth-order valence-electron chi connectivity index (χ4n) is 2.39. The maximum atomic E-state index is 11.9. The minimum Gasteiger partial charge on any atom is -0.341 e. The summed E-state index contributed by atoms with van der Waals surface area (Å²) in [4.78, 5) is 26.2. The number of amides is 2. The highest BCUT2D eigenvalue weighted by atomic mass is 79.9. The molecule has 1 fully saturated rings. The van der Waals surface area contributed by atoms with Crippen LogP contribution in [-0.2, 0) is 0 Å². The molecule has 20 heavy (non-hydrogen) atoms. The first-order chi connectivity index (χ1) is 9.49. The molecule has 0 bridgehead atoms. The molecule has 110 valence electrons. The largest absolute Gasteiger partial charge is 0.341 e. The monoisotopic (exact) mass is 341 g/mol. The van der Waals surface area contributed by atoms with Crippen LogP contribution in [0.4, 0.5) is 10.7 Å². The number of anilines is 1. The van der Waals surface area contributed by atoms with E-state index in [2.05, 4.69) is 30.8 Å². The van der Waals surface area contributed by atoms with Gasteiger partial charge in [-0.1, -0.05) is 0 Å². The zero-order valence-corrected chi connectivity index (χ0v) is 13.7. The van der Waals surface area contributed by atoms with Gasteiger partial charge in [-0.2, -0.15) is 0 Å². The molecule has 1 aliphatic rings. The van der Waals surface area contributed by atoms with Crippen LogP contribution in [0.3, 0.4) is 0 Å². The summed E-state index contributed by atoms with van der Waals surface area (Å²) in [5.41, 5.74) is 0. The van der Waals surface area contributed by atoms with Gasteiger partial charge in [0.25, 0.3) is 0 Å². The number of halogens is 1. The summed E-state index contributed by atoms with van der Waals surface area (Å²) >= 11 is 3.34. The standard InChI is InChI=1S/C13H20BrN5O/c1-17(2)13(20)18(3)11-4-6-19(7-5-11)12-15-8-10(14)9-16-12/h8-9,11H,4-7H2,1-3H3. The molecule has 0 atom stereocenters. The molecule has 1 saturated heterocycles. The zero-order valence-electron chi connectivity index (χ0n) is 12.1. The van der Waals surface area contributed by atoms with Gasteiger partial charge in [0, 0.05) is 52.7 Å². The first-order valence-corrected chi connectivity index (χ1v) is 7.45. The lowest BCUT2D eigenvalue weighted by molar-refractivity contribution is 0.155. The first kappa shape index (κ1) is 15.0. The van der Waals surface area contributed by atoms with Crippen molar-refractivity contribution in [2.45, 2.75) is 18.9 Å². The van der Waals surface area contributed by atoms with E-state index in [1.54, 1.807) is 31.4 Å². The Kier molecular flexibility index (Phi) is 4.80. The number of rotatable bonds is 2. The van der Waals surface area contributed by atoms with Gasteiger partial charge in [-0.3, -0.25) is 0 Å². The summed E-state index contributed by atoms with van der Waals surface area (Å²) in [5.74, 6) is 0.758. The Hall–Kier alpha value is -1.37. The highest BCUT2D eigenvalue weighted by Gasteiger charge is 2.26. The van der Waals surface area contributed by atoms with E-state index in [0.29, 0.717) is 0 Å². The van der Waals surface area contributed by atoms with Crippen molar-refractivity contribution in [2.75, 3.05) is 39.1 Å². The smallest absolute Gasteiger partial charge is 0.319 e. The summed E-state index contributed by atoms with van der Waals surface area (Å²) < 4.78 is 0.882. The third-order valence-electron chi connectivity index (χ3n) is 3.59. The summed E-state index contributed by atoms with van der Waals surface area (Å²) in [6, 6.07) is 0.347. The molecule has 0 unspecified atom stereocenters. The number of carbonyl (C=O) groups is 1. The number of carbonyl (C=O) groups excluding carboxylic acids is 1. The van der Waals surface area contributed by atoms with Crippen molar-refractivity contribution in [2.24, 2.45) is 0 Å². The van der Waals surface area contributed by atoms with Crippen molar-refractivity contribution in [1.82, 2.24) is 19.8 Å². The van der Waals surface area contributed by atoms with Gasteiger partial charge < -0.3 is 14.7 Å². The van der Waals surface area contributed by atoms with E-state index in [0.717, 1.165) is 36.4 Å². The van der Waals surface area contributed by atoms with Crippen LogP contribution in [0.5, 0.6) is 0 Å². The molecule has 0 saturated carbocycles. The SMILES string of the molecule is CN(C)C(=O)N(C)C1CCN(c2ncc(Br)cn2)CC1. The van der Waals surface area contributed by atoms with Crippen LogP contribution in [-0.4, -0.2) is 66.1 Å². The van der Waals surface area contributed by atoms with Gasteiger partial charge in [0.1, 0.15) is 0 Å². The molecular weight excluding hydrogens is 322 g/mol. The molecule has 0 spiro atoms. The predicted octanol–water partition coefficient (Wildman–Crippen LogP) is 1.82. The highest BCUT2D eigenvalue weighted by molar-refractivity contribution is 9.10. The molecule has 2 rings (SSSR count). The molecule has 2 heterocycles. The first-order valence-electron chi connectivity index (χ1n) is 6.65. The van der Waals surface area contributed by atoms with Crippen LogP contribution >= 0.6 is 15.9 Å². The number of aromatic nitrogens is 2. The van der Waals surface area contributed by atoms with Crippen molar-refractivity contribution >= 4 is 27.9 Å². The van der Waals surface area contributed by atoms with Crippen LogP contribution < -0.4 is 4.90 Å². The van der Waals surface area contributed by atoms with Crippen LogP contribution in [0.1, 0.15) is 12.8 Å². The van der Waals surface area contributed by atoms with E-state index < -0.39 is 0 Å². The van der Waals surface area contributed by atoms with Gasteiger partial charge in [-0.05, 0) is 28.8 Å². The number of urea groups is 1. The second-order valence-electron chi connectivity index (χ2n) is 5.21. The van der Waals surface area contributed by atoms with Gasteiger partial charge in [-0.25, -0.2) is 14.8 Å². The van der Waals surface area contributed by atoms with Crippen molar-refractivity contribution in [1.29, 1.82) is 0 Å². The Morgan fingerprint density at radius 2 is 1.80 bits per heavy atom. The lowest BCUT2D eigenvalue weighted by Gasteiger charge is -2.37. The number of hydrogen-bond donors (Lipinski definition) is 0. The Balaban J connectivity index is 1.92. The van der Waals surface area contributed by atoms with Crippen molar-refractivity contribution in [3.05, 3.63) is 16.9 Å². The highest BCUT2D eigenvalue weighted by Crippen LogP contribution is 2.20. The summed E-state index contributed by atoms with van der Waals surface area (Å²) in [6.07, 6.45) is 5.40. The van der Waals surface area contributed by atoms with Gasteiger partial charge in [0.15, 0.2) is 0 Å². The zero-order chi connectivity index (χ0) is 14.7. The molecule has 0 N–H and O–H groups in total. The molecule has 1 aromatic rings. The fourth-order valence-corrected chi connectivity index (χ4v) is 2.60. The second-order valence-corrected chi connectivity index (χ2v) is 6.12. The normalized spacial score (nSPS) is 16.1. The maximum Gasteiger partial charge on any atom is 0.319 e. The summed E-state index contributed by atoms with van der Waals surface area (Å²) in [7, 11) is 5.44. The Morgan fingerprint density at radius 3 is 2.30 bits per heavy atom. The van der Waals surface area contributed by atoms with Crippen LogP contribution in [0.25, 0.3) is 0 Å². The molecule has 2 amide bonds. The van der Waals surface area contributed by atoms with E-state index in [9.17, 15) is 4.79 Å². The van der Waals surface area contributed by atoms with Crippen molar-refractivity contribution in [3.63, 3.8) is 0 Å². The van der Waals surface area contributed by atoms with Crippen molar-refractivity contribution in [3.8, 4) is 0 Å². The molecule has 0 aliphatic carbocycles. The lowest BCUT2D eigenvalue weighted by Crippen LogP contribution is -2.48. The minimum absolute atomic E-state index is 0.0586. The summed E-state index contributed by atoms with van der Waals surface area (Å²) in [5, 5.41) is 0. The average molecular weight is 342 g/mol. The maximum absolute atomic E-state index is 11.9. The topological polar surface area (TPSA) is 52.6 Å². The molecular formula is C13H20BrN5O. The van der Waals surface area contributed by atoms with Gasteiger partial charge >= 0.3 is 6.03 Å². The number of nitrogens with zero attached hydrogens (tertiary/aromatic N) is 5. The third kappa shape index (κ3) is 3.39. The van der Waals surface area contributed by atoms with Gasteiger partial charge in [-0.15, -0.1) is 0 Å². The molecule has 6 nitrogen and oxygen atoms in total. The fraction of sp³-hybridized carbons (Fsp3) is 0.615. The number of hydrogen-bond acceptors (Lipinski definition) is 4. The van der Waals surface area contributed by atoms with E-state index in [-0.39, 0.29) is 12.1 Å². The van der Waals surface area contributed by atoms with E-state index >= 15 is 0 Å². The third-order valence-corrected chi connectivity index (χ3v) is 4.00. The molecule has 0 radical (unpaired) electrons. The molecule has 1 aromatic heterocycles. The number of piperidine rings is 1. The Labute approximate surface area is 127 Å². The molecule has 0 aromatic carbocycles. The van der Waals surface area contributed by atoms with E-state index in [1.807, 2.05) is 11.9 Å². The predicted molar refractivity (Wildman–Crippen MR) is 81.8 cm³/mol. The summed E-state index contributed by atoms with van der Waals surface area (Å²) in [6.45, 7) is 1.74.